The Morgan fingerprint density at radius 3 is 2.72 bits per heavy atom. The van der Waals surface area contributed by atoms with Crippen LogP contribution in [0.2, 0.25) is 0 Å². The smallest absolute Gasteiger partial charge is 0.338 e. The zero-order valence-electron chi connectivity index (χ0n) is 17.7. The molecule has 6 nitrogen and oxygen atoms in total. The summed E-state index contributed by atoms with van der Waals surface area (Å²) in [5, 5.41) is 1.93. The van der Waals surface area contributed by atoms with Crippen molar-refractivity contribution in [1.82, 2.24) is 4.57 Å². The summed E-state index contributed by atoms with van der Waals surface area (Å²) >= 11 is 2.80. The molecule has 3 aromatic rings. The molecule has 1 aliphatic heterocycles. The van der Waals surface area contributed by atoms with Gasteiger partial charge in [-0.2, -0.15) is 0 Å². The standard InChI is InChI=1S/C24H22N2O4S2/c1-4-12-30-17-10-8-16(9-11-17)14-19-22(27)26-21(18-7-6-13-31-18)20(23(28)29-5-2)15(3)25-24(26)32-19/h4,6-11,13-14,21H,1,5,12H2,2-3H3/b19-14-/t21-/m1/s1. The van der Waals surface area contributed by atoms with Crippen molar-refractivity contribution in [3.8, 4) is 5.75 Å². The van der Waals surface area contributed by atoms with Crippen LogP contribution >= 0.6 is 22.7 Å². The van der Waals surface area contributed by atoms with Crippen molar-refractivity contribution in [2.24, 2.45) is 4.99 Å². The maximum atomic E-state index is 13.4. The highest BCUT2D eigenvalue weighted by Crippen LogP contribution is 2.33. The maximum absolute atomic E-state index is 13.4. The quantitative estimate of drug-likeness (QED) is 0.395. The van der Waals surface area contributed by atoms with Gasteiger partial charge in [0.15, 0.2) is 4.80 Å². The number of rotatable bonds is 7. The number of esters is 1. The van der Waals surface area contributed by atoms with Crippen LogP contribution in [0.5, 0.6) is 5.75 Å². The lowest BCUT2D eigenvalue weighted by Gasteiger charge is -2.23. The first-order valence-corrected chi connectivity index (χ1v) is 11.8. The largest absolute Gasteiger partial charge is 0.490 e. The summed E-state index contributed by atoms with van der Waals surface area (Å²) < 4.78 is 12.9. The molecule has 0 amide bonds. The summed E-state index contributed by atoms with van der Waals surface area (Å²) in [6.45, 7) is 7.87. The van der Waals surface area contributed by atoms with E-state index in [-0.39, 0.29) is 12.2 Å². The highest BCUT2D eigenvalue weighted by Gasteiger charge is 2.33. The van der Waals surface area contributed by atoms with Crippen LogP contribution in [0.1, 0.15) is 30.3 Å². The normalized spacial score (nSPS) is 15.8. The van der Waals surface area contributed by atoms with E-state index in [1.54, 1.807) is 24.5 Å². The van der Waals surface area contributed by atoms with Crippen LogP contribution in [-0.4, -0.2) is 23.8 Å². The number of nitrogens with zero attached hydrogens (tertiary/aromatic N) is 2. The molecule has 0 spiro atoms. The van der Waals surface area contributed by atoms with Crippen LogP contribution in [0.4, 0.5) is 0 Å². The van der Waals surface area contributed by atoms with Gasteiger partial charge in [-0.3, -0.25) is 9.36 Å². The van der Waals surface area contributed by atoms with Crippen LogP contribution in [0.25, 0.3) is 6.08 Å². The van der Waals surface area contributed by atoms with Crippen molar-refractivity contribution in [3.05, 3.63) is 95.8 Å². The number of aromatic nitrogens is 1. The van der Waals surface area contributed by atoms with Gasteiger partial charge in [0, 0.05) is 4.88 Å². The number of hydrogen-bond donors (Lipinski definition) is 0. The molecule has 0 saturated heterocycles. The average molecular weight is 467 g/mol. The minimum atomic E-state index is -0.554. The van der Waals surface area contributed by atoms with Gasteiger partial charge in [0.2, 0.25) is 0 Å². The monoisotopic (exact) mass is 466 g/mol. The van der Waals surface area contributed by atoms with Crippen molar-refractivity contribution >= 4 is 34.7 Å². The number of fused-ring (bicyclic) bond motifs is 1. The molecule has 1 aromatic carbocycles. The number of ether oxygens (including phenoxy) is 2. The Morgan fingerprint density at radius 1 is 1.28 bits per heavy atom. The van der Waals surface area contributed by atoms with E-state index in [9.17, 15) is 9.59 Å². The molecule has 0 radical (unpaired) electrons. The van der Waals surface area contributed by atoms with Crippen molar-refractivity contribution in [3.63, 3.8) is 0 Å². The van der Waals surface area contributed by atoms with Gasteiger partial charge >= 0.3 is 5.97 Å². The summed E-state index contributed by atoms with van der Waals surface area (Å²) in [6.07, 6.45) is 3.52. The van der Waals surface area contributed by atoms with Crippen molar-refractivity contribution in [2.75, 3.05) is 13.2 Å². The fourth-order valence-electron chi connectivity index (χ4n) is 3.47. The third-order valence-electron chi connectivity index (χ3n) is 4.88. The minimum Gasteiger partial charge on any atom is -0.490 e. The molecule has 164 valence electrons. The number of thiophene rings is 1. The number of hydrogen-bond acceptors (Lipinski definition) is 7. The van der Waals surface area contributed by atoms with E-state index in [1.165, 1.54) is 22.7 Å². The van der Waals surface area contributed by atoms with Crippen LogP contribution in [-0.2, 0) is 9.53 Å². The molecule has 0 saturated carbocycles. The number of benzene rings is 1. The third kappa shape index (κ3) is 4.24. The molecule has 0 N–H and O–H groups in total. The SMILES string of the molecule is C=CCOc1ccc(/C=c2\sc3n(c2=O)[C@H](c2cccs2)C(C(=O)OCC)=C(C)N=3)cc1. The fraction of sp³-hybridized carbons (Fsp3) is 0.208. The van der Waals surface area contributed by atoms with Gasteiger partial charge < -0.3 is 9.47 Å². The summed E-state index contributed by atoms with van der Waals surface area (Å²) in [5.41, 5.74) is 1.65. The molecule has 32 heavy (non-hydrogen) atoms. The molecular weight excluding hydrogens is 444 g/mol. The van der Waals surface area contributed by atoms with Gasteiger partial charge in [-0.25, -0.2) is 9.79 Å². The van der Waals surface area contributed by atoms with Crippen molar-refractivity contribution < 1.29 is 14.3 Å². The van der Waals surface area contributed by atoms with E-state index in [1.807, 2.05) is 47.9 Å². The van der Waals surface area contributed by atoms with Gasteiger partial charge in [-0.05, 0) is 49.1 Å². The van der Waals surface area contributed by atoms with Gasteiger partial charge in [0.1, 0.15) is 18.4 Å². The fourth-order valence-corrected chi connectivity index (χ4v) is 5.34. The predicted molar refractivity (Wildman–Crippen MR) is 127 cm³/mol. The van der Waals surface area contributed by atoms with Crippen LogP contribution in [0.15, 0.2) is 75.5 Å². The maximum Gasteiger partial charge on any atom is 0.338 e. The lowest BCUT2D eigenvalue weighted by atomic mass is 10.0. The zero-order chi connectivity index (χ0) is 22.7. The van der Waals surface area contributed by atoms with Crippen LogP contribution < -0.4 is 19.6 Å². The first kappa shape index (κ1) is 22.0. The van der Waals surface area contributed by atoms with E-state index >= 15 is 0 Å². The number of allylic oxidation sites excluding steroid dienone is 1. The second-order valence-corrected chi connectivity index (χ2v) is 8.97. The Hall–Kier alpha value is -3.23. The molecule has 8 heteroatoms. The van der Waals surface area contributed by atoms with Gasteiger partial charge in [-0.15, -0.1) is 11.3 Å². The molecule has 1 atom stereocenters. The molecule has 4 rings (SSSR count). The number of carbonyl (C=O) groups excluding carboxylic acids is 1. The molecule has 0 unspecified atom stereocenters. The Labute approximate surface area is 193 Å². The highest BCUT2D eigenvalue weighted by atomic mass is 32.1. The lowest BCUT2D eigenvalue weighted by molar-refractivity contribution is -0.139. The lowest BCUT2D eigenvalue weighted by Crippen LogP contribution is -2.39. The highest BCUT2D eigenvalue weighted by molar-refractivity contribution is 7.10. The van der Waals surface area contributed by atoms with E-state index in [0.29, 0.717) is 27.2 Å². The van der Waals surface area contributed by atoms with Gasteiger partial charge in [0.25, 0.3) is 5.56 Å². The molecule has 2 aromatic heterocycles. The molecule has 0 fully saturated rings. The van der Waals surface area contributed by atoms with Crippen LogP contribution in [0, 0.1) is 0 Å². The third-order valence-corrected chi connectivity index (χ3v) is 6.78. The van der Waals surface area contributed by atoms with E-state index in [2.05, 4.69) is 11.6 Å². The Kier molecular flexibility index (Phi) is 6.53. The second kappa shape index (κ2) is 9.50. The Morgan fingerprint density at radius 2 is 2.06 bits per heavy atom. The molecule has 1 aliphatic rings. The molecular formula is C24H22N2O4S2. The Balaban J connectivity index is 1.81. The molecule has 0 bridgehead atoms. The van der Waals surface area contributed by atoms with Crippen LogP contribution in [0.3, 0.4) is 0 Å². The van der Waals surface area contributed by atoms with Gasteiger partial charge in [0.05, 0.1) is 22.4 Å². The number of thiazole rings is 1. The number of carbonyl (C=O) groups is 1. The van der Waals surface area contributed by atoms with E-state index in [0.717, 1.165) is 16.2 Å². The summed E-state index contributed by atoms with van der Waals surface area (Å²) in [7, 11) is 0. The summed E-state index contributed by atoms with van der Waals surface area (Å²) in [6, 6.07) is 10.8. The van der Waals surface area contributed by atoms with E-state index < -0.39 is 12.0 Å². The second-order valence-electron chi connectivity index (χ2n) is 6.99. The average Bonchev–Trinajstić information content (AvgIpc) is 3.41. The van der Waals surface area contributed by atoms with Gasteiger partial charge in [-0.1, -0.05) is 42.2 Å². The topological polar surface area (TPSA) is 69.9 Å². The van der Waals surface area contributed by atoms with Crippen molar-refractivity contribution in [2.45, 2.75) is 19.9 Å². The predicted octanol–water partition coefficient (Wildman–Crippen LogP) is 3.42. The Bertz CT molecular complexity index is 1350. The minimum absolute atomic E-state index is 0.187. The summed E-state index contributed by atoms with van der Waals surface area (Å²) in [4.78, 5) is 32.2. The molecule has 3 heterocycles. The van der Waals surface area contributed by atoms with E-state index in [4.69, 9.17) is 9.47 Å². The first-order chi connectivity index (χ1) is 15.5. The van der Waals surface area contributed by atoms with Crippen molar-refractivity contribution in [1.29, 1.82) is 0 Å². The first-order valence-electron chi connectivity index (χ1n) is 10.1. The zero-order valence-corrected chi connectivity index (χ0v) is 19.4. The summed E-state index contributed by atoms with van der Waals surface area (Å²) in [5.74, 6) is 0.285. The molecule has 0 aliphatic carbocycles.